The zero-order valence-electron chi connectivity index (χ0n) is 11.0. The Kier molecular flexibility index (Phi) is 3.62. The van der Waals surface area contributed by atoms with E-state index >= 15 is 0 Å². The molecule has 0 saturated carbocycles. The van der Waals surface area contributed by atoms with Gasteiger partial charge in [0.15, 0.2) is 5.43 Å². The monoisotopic (exact) mass is 341 g/mol. The Morgan fingerprint density at radius 2 is 1.76 bits per heavy atom. The maximum atomic E-state index is 12.1. The van der Waals surface area contributed by atoms with E-state index in [-0.39, 0.29) is 5.43 Å². The molecule has 2 aromatic carbocycles. The highest BCUT2D eigenvalue weighted by Crippen LogP contribution is 2.19. The molecular formula is C17H12BrNO2. The number of halogens is 1. The first kappa shape index (κ1) is 13.6. The van der Waals surface area contributed by atoms with Gasteiger partial charge < -0.3 is 10.2 Å². The number of hydrogen-bond acceptors (Lipinski definition) is 3. The average molecular weight is 342 g/mol. The summed E-state index contributed by atoms with van der Waals surface area (Å²) in [5.41, 5.74) is 7.86. The minimum absolute atomic E-state index is 0.0606. The lowest BCUT2D eigenvalue weighted by Crippen LogP contribution is -1.99. The van der Waals surface area contributed by atoms with Crippen LogP contribution >= 0.6 is 15.9 Å². The third-order valence-corrected chi connectivity index (χ3v) is 3.58. The van der Waals surface area contributed by atoms with E-state index in [0.29, 0.717) is 16.7 Å². The Hall–Kier alpha value is -2.33. The average Bonchev–Trinajstić information content (AvgIpc) is 2.47. The first-order valence-electron chi connectivity index (χ1n) is 6.39. The van der Waals surface area contributed by atoms with Crippen LogP contribution in [-0.4, -0.2) is 0 Å². The van der Waals surface area contributed by atoms with Crippen molar-refractivity contribution in [2.45, 2.75) is 0 Å². The van der Waals surface area contributed by atoms with Crippen LogP contribution in [0, 0.1) is 0 Å². The van der Waals surface area contributed by atoms with Crippen LogP contribution in [0.15, 0.2) is 62.2 Å². The van der Waals surface area contributed by atoms with Crippen LogP contribution in [0.4, 0.5) is 5.69 Å². The number of hydrogen-bond donors (Lipinski definition) is 1. The van der Waals surface area contributed by atoms with Crippen molar-refractivity contribution in [1.82, 2.24) is 0 Å². The lowest BCUT2D eigenvalue weighted by molar-refractivity contribution is 0.591. The van der Waals surface area contributed by atoms with Crippen molar-refractivity contribution in [3.8, 4) is 0 Å². The van der Waals surface area contributed by atoms with Gasteiger partial charge in [-0.2, -0.15) is 0 Å². The van der Waals surface area contributed by atoms with Crippen molar-refractivity contribution in [3.63, 3.8) is 0 Å². The van der Waals surface area contributed by atoms with Crippen LogP contribution in [-0.2, 0) is 0 Å². The second-order valence-corrected chi connectivity index (χ2v) is 5.57. The highest BCUT2D eigenvalue weighted by molar-refractivity contribution is 9.10. The standard InChI is InChI=1S/C17H12BrNO2/c18-12-4-8-17-15(9-12)16(20)10-14(21-17)7-3-11-1-5-13(19)6-2-11/h1-10H,19H2/b7-3+. The SMILES string of the molecule is Nc1ccc(/C=C/c2cc(=O)c3cc(Br)ccc3o2)cc1. The Balaban J connectivity index is 1.99. The molecule has 0 bridgehead atoms. The summed E-state index contributed by atoms with van der Waals surface area (Å²) in [6.45, 7) is 0. The van der Waals surface area contributed by atoms with Crippen LogP contribution < -0.4 is 11.2 Å². The van der Waals surface area contributed by atoms with Gasteiger partial charge in [-0.25, -0.2) is 0 Å². The van der Waals surface area contributed by atoms with E-state index < -0.39 is 0 Å². The van der Waals surface area contributed by atoms with E-state index in [2.05, 4.69) is 15.9 Å². The molecule has 0 aliphatic rings. The molecular weight excluding hydrogens is 330 g/mol. The minimum atomic E-state index is -0.0606. The summed E-state index contributed by atoms with van der Waals surface area (Å²) in [5, 5.41) is 0.564. The molecule has 3 rings (SSSR count). The van der Waals surface area contributed by atoms with Gasteiger partial charge >= 0.3 is 0 Å². The molecule has 4 heteroatoms. The van der Waals surface area contributed by atoms with E-state index in [1.807, 2.05) is 36.4 Å². The molecule has 0 spiro atoms. The van der Waals surface area contributed by atoms with Crippen LogP contribution in [0.1, 0.15) is 11.3 Å². The second-order valence-electron chi connectivity index (χ2n) is 4.65. The lowest BCUT2D eigenvalue weighted by Gasteiger charge is -2.00. The molecule has 1 heterocycles. The molecule has 0 saturated heterocycles. The van der Waals surface area contributed by atoms with Crippen LogP contribution in [0.25, 0.3) is 23.1 Å². The van der Waals surface area contributed by atoms with Gasteiger partial charge in [0.05, 0.1) is 5.39 Å². The number of nitrogen functional groups attached to an aromatic ring is 1. The number of anilines is 1. The summed E-state index contributed by atoms with van der Waals surface area (Å²) < 4.78 is 6.56. The summed E-state index contributed by atoms with van der Waals surface area (Å²) in [6, 6.07) is 14.3. The number of benzene rings is 2. The molecule has 0 radical (unpaired) electrons. The Morgan fingerprint density at radius 1 is 1.00 bits per heavy atom. The van der Waals surface area contributed by atoms with Crippen molar-refractivity contribution in [1.29, 1.82) is 0 Å². The van der Waals surface area contributed by atoms with Gasteiger partial charge in [-0.1, -0.05) is 34.1 Å². The Morgan fingerprint density at radius 3 is 2.52 bits per heavy atom. The van der Waals surface area contributed by atoms with Gasteiger partial charge in [0, 0.05) is 16.2 Å². The maximum absolute atomic E-state index is 12.1. The van der Waals surface area contributed by atoms with Gasteiger partial charge in [0.25, 0.3) is 0 Å². The summed E-state index contributed by atoms with van der Waals surface area (Å²) in [6.07, 6.45) is 3.65. The number of fused-ring (bicyclic) bond motifs is 1. The highest BCUT2D eigenvalue weighted by atomic mass is 79.9. The molecule has 0 amide bonds. The predicted molar refractivity (Wildman–Crippen MR) is 90.0 cm³/mol. The zero-order valence-corrected chi connectivity index (χ0v) is 12.6. The smallest absolute Gasteiger partial charge is 0.193 e. The predicted octanol–water partition coefficient (Wildman–Crippen LogP) is 4.31. The van der Waals surface area contributed by atoms with Crippen LogP contribution in [0.5, 0.6) is 0 Å². The summed E-state index contributed by atoms with van der Waals surface area (Å²) in [7, 11) is 0. The molecule has 1 aromatic heterocycles. The zero-order chi connectivity index (χ0) is 14.8. The van der Waals surface area contributed by atoms with Crippen molar-refractivity contribution in [3.05, 3.63) is 74.6 Å². The van der Waals surface area contributed by atoms with E-state index in [9.17, 15) is 4.79 Å². The fraction of sp³-hybridized carbons (Fsp3) is 0. The summed E-state index contributed by atoms with van der Waals surface area (Å²) in [4.78, 5) is 12.1. The molecule has 0 unspecified atom stereocenters. The third kappa shape index (κ3) is 3.06. The molecule has 104 valence electrons. The highest BCUT2D eigenvalue weighted by Gasteiger charge is 2.03. The fourth-order valence-corrected chi connectivity index (χ4v) is 2.38. The first-order valence-corrected chi connectivity index (χ1v) is 7.18. The van der Waals surface area contributed by atoms with Crippen LogP contribution in [0.2, 0.25) is 0 Å². The Bertz CT molecular complexity index is 879. The van der Waals surface area contributed by atoms with Gasteiger partial charge in [-0.3, -0.25) is 4.79 Å². The second kappa shape index (κ2) is 5.58. The van der Waals surface area contributed by atoms with Gasteiger partial charge in [-0.05, 0) is 42.0 Å². The topological polar surface area (TPSA) is 56.2 Å². The molecule has 2 N–H and O–H groups in total. The molecule has 3 aromatic rings. The fourth-order valence-electron chi connectivity index (χ4n) is 2.01. The maximum Gasteiger partial charge on any atom is 0.193 e. The normalized spacial score (nSPS) is 11.3. The van der Waals surface area contributed by atoms with Gasteiger partial charge in [0.2, 0.25) is 0 Å². The molecule has 0 aliphatic heterocycles. The van der Waals surface area contributed by atoms with E-state index in [1.165, 1.54) is 6.07 Å². The summed E-state index contributed by atoms with van der Waals surface area (Å²) >= 11 is 3.35. The first-order chi connectivity index (χ1) is 10.1. The quantitative estimate of drug-likeness (QED) is 0.706. The van der Waals surface area contributed by atoms with E-state index in [1.54, 1.807) is 18.2 Å². The molecule has 0 fully saturated rings. The number of rotatable bonds is 2. The molecule has 0 aliphatic carbocycles. The van der Waals surface area contributed by atoms with E-state index in [0.717, 1.165) is 15.7 Å². The van der Waals surface area contributed by atoms with Crippen molar-refractivity contribution < 1.29 is 4.42 Å². The van der Waals surface area contributed by atoms with Crippen molar-refractivity contribution >= 4 is 44.7 Å². The van der Waals surface area contributed by atoms with Crippen LogP contribution in [0.3, 0.4) is 0 Å². The Labute approximate surface area is 129 Å². The largest absolute Gasteiger partial charge is 0.456 e. The number of nitrogens with two attached hydrogens (primary N) is 1. The lowest BCUT2D eigenvalue weighted by atomic mass is 10.1. The third-order valence-electron chi connectivity index (χ3n) is 3.08. The van der Waals surface area contributed by atoms with Gasteiger partial charge in [0.1, 0.15) is 11.3 Å². The van der Waals surface area contributed by atoms with Crippen molar-refractivity contribution in [2.24, 2.45) is 0 Å². The van der Waals surface area contributed by atoms with Crippen molar-refractivity contribution in [2.75, 3.05) is 5.73 Å². The minimum Gasteiger partial charge on any atom is -0.456 e. The molecule has 0 atom stereocenters. The summed E-state index contributed by atoms with van der Waals surface area (Å²) in [5.74, 6) is 0.520. The molecule has 3 nitrogen and oxygen atoms in total. The van der Waals surface area contributed by atoms with Gasteiger partial charge in [-0.15, -0.1) is 0 Å². The molecule has 21 heavy (non-hydrogen) atoms. The van der Waals surface area contributed by atoms with E-state index in [4.69, 9.17) is 10.2 Å².